The molecule has 0 spiro atoms. The van der Waals surface area contributed by atoms with Crippen LogP contribution in [0.3, 0.4) is 0 Å². The molecule has 20 heavy (non-hydrogen) atoms. The average molecular weight is 269 g/mol. The first-order valence-corrected chi connectivity index (χ1v) is 6.33. The monoisotopic (exact) mass is 269 g/mol. The van der Waals surface area contributed by atoms with Crippen LogP contribution >= 0.6 is 0 Å². The summed E-state index contributed by atoms with van der Waals surface area (Å²) in [7, 11) is 1.64. The fraction of sp³-hybridized carbons (Fsp3) is 0.133. The standard InChI is InChI=1S/C15H15N3O2/c1-20-13-4-5-14-11(9-13)6-8-18(14)17-15(19)10-12-3-2-7-16-12/h2-9,16H,10H2,1H3,(H,17,19). The van der Waals surface area contributed by atoms with Gasteiger partial charge in [0.1, 0.15) is 5.75 Å². The van der Waals surface area contributed by atoms with Gasteiger partial charge in [0.2, 0.25) is 5.91 Å². The van der Waals surface area contributed by atoms with E-state index in [1.165, 1.54) is 0 Å². The first-order valence-electron chi connectivity index (χ1n) is 6.33. The number of benzene rings is 1. The van der Waals surface area contributed by atoms with Crippen LogP contribution in [0.1, 0.15) is 5.69 Å². The summed E-state index contributed by atoms with van der Waals surface area (Å²) < 4.78 is 6.90. The molecule has 0 bridgehead atoms. The summed E-state index contributed by atoms with van der Waals surface area (Å²) in [5, 5.41) is 1.02. The van der Waals surface area contributed by atoms with E-state index in [0.717, 1.165) is 22.3 Å². The Balaban J connectivity index is 1.79. The number of ether oxygens (including phenoxy) is 1. The van der Waals surface area contributed by atoms with Gasteiger partial charge in [-0.2, -0.15) is 0 Å². The predicted octanol–water partition coefficient (Wildman–Crippen LogP) is 2.29. The Morgan fingerprint density at radius 2 is 2.25 bits per heavy atom. The summed E-state index contributed by atoms with van der Waals surface area (Å²) in [5.41, 5.74) is 4.68. The van der Waals surface area contributed by atoms with Gasteiger partial charge in [-0.05, 0) is 36.4 Å². The second-order valence-electron chi connectivity index (χ2n) is 4.52. The normalized spacial score (nSPS) is 10.7. The van der Waals surface area contributed by atoms with Gasteiger partial charge in [-0.15, -0.1) is 0 Å². The van der Waals surface area contributed by atoms with Gasteiger partial charge in [0, 0.05) is 23.5 Å². The molecule has 0 aliphatic rings. The number of rotatable bonds is 4. The molecule has 0 atom stereocenters. The predicted molar refractivity (Wildman–Crippen MR) is 77.4 cm³/mol. The number of methoxy groups -OCH3 is 1. The topological polar surface area (TPSA) is 59.0 Å². The molecule has 0 unspecified atom stereocenters. The third-order valence-corrected chi connectivity index (χ3v) is 3.16. The van der Waals surface area contributed by atoms with Crippen LogP contribution in [-0.4, -0.2) is 22.7 Å². The van der Waals surface area contributed by atoms with Gasteiger partial charge < -0.3 is 9.72 Å². The Hall–Kier alpha value is -2.69. The van der Waals surface area contributed by atoms with Crippen LogP contribution in [0.25, 0.3) is 10.9 Å². The van der Waals surface area contributed by atoms with E-state index in [-0.39, 0.29) is 5.91 Å². The van der Waals surface area contributed by atoms with E-state index in [9.17, 15) is 4.79 Å². The van der Waals surface area contributed by atoms with Crippen LogP contribution in [0.15, 0.2) is 48.8 Å². The lowest BCUT2D eigenvalue weighted by molar-refractivity contribution is -0.116. The van der Waals surface area contributed by atoms with Gasteiger partial charge in [-0.25, -0.2) is 0 Å². The largest absolute Gasteiger partial charge is 0.497 e. The molecule has 102 valence electrons. The fourth-order valence-corrected chi connectivity index (χ4v) is 2.17. The molecule has 0 aliphatic heterocycles. The first kappa shape index (κ1) is 12.3. The molecule has 0 fully saturated rings. The molecule has 1 amide bonds. The van der Waals surface area contributed by atoms with Crippen molar-refractivity contribution in [2.75, 3.05) is 12.5 Å². The van der Waals surface area contributed by atoms with E-state index >= 15 is 0 Å². The molecule has 0 saturated carbocycles. The number of H-pyrrole nitrogens is 1. The number of aromatic amines is 1. The smallest absolute Gasteiger partial charge is 0.244 e. The summed E-state index contributed by atoms with van der Waals surface area (Å²) in [4.78, 5) is 15.0. The van der Waals surface area contributed by atoms with Crippen molar-refractivity contribution in [2.24, 2.45) is 0 Å². The molecular formula is C15H15N3O2. The van der Waals surface area contributed by atoms with Crippen molar-refractivity contribution >= 4 is 16.8 Å². The Morgan fingerprint density at radius 1 is 1.35 bits per heavy atom. The van der Waals surface area contributed by atoms with Gasteiger partial charge in [0.05, 0.1) is 19.0 Å². The minimum atomic E-state index is -0.0687. The van der Waals surface area contributed by atoms with Crippen molar-refractivity contribution in [1.82, 2.24) is 9.66 Å². The fourth-order valence-electron chi connectivity index (χ4n) is 2.17. The van der Waals surface area contributed by atoms with Crippen molar-refractivity contribution < 1.29 is 9.53 Å². The molecule has 0 aliphatic carbocycles. The molecule has 5 heteroatoms. The molecule has 2 heterocycles. The van der Waals surface area contributed by atoms with Gasteiger partial charge in [0.15, 0.2) is 0 Å². The van der Waals surface area contributed by atoms with Gasteiger partial charge in [-0.3, -0.25) is 14.9 Å². The lowest BCUT2D eigenvalue weighted by atomic mass is 10.2. The second-order valence-corrected chi connectivity index (χ2v) is 4.52. The highest BCUT2D eigenvalue weighted by atomic mass is 16.5. The molecule has 1 aromatic carbocycles. The Bertz CT molecular complexity index is 729. The lowest BCUT2D eigenvalue weighted by Crippen LogP contribution is -2.23. The molecule has 3 rings (SSSR count). The van der Waals surface area contributed by atoms with Gasteiger partial charge in [-0.1, -0.05) is 0 Å². The van der Waals surface area contributed by atoms with Crippen molar-refractivity contribution in [1.29, 1.82) is 0 Å². The third kappa shape index (κ3) is 2.38. The molecule has 5 nitrogen and oxygen atoms in total. The number of nitrogens with zero attached hydrogens (tertiary/aromatic N) is 1. The number of aromatic nitrogens is 2. The Labute approximate surface area is 116 Å². The number of carbonyl (C=O) groups excluding carboxylic acids is 1. The maximum absolute atomic E-state index is 12.0. The SMILES string of the molecule is COc1ccc2c(ccn2NC(=O)Cc2ccc[nH]2)c1. The zero-order chi connectivity index (χ0) is 13.9. The molecule has 0 saturated heterocycles. The van der Waals surface area contributed by atoms with Crippen molar-refractivity contribution in [3.05, 3.63) is 54.5 Å². The van der Waals surface area contributed by atoms with E-state index in [1.54, 1.807) is 18.0 Å². The van der Waals surface area contributed by atoms with Crippen LogP contribution in [-0.2, 0) is 11.2 Å². The van der Waals surface area contributed by atoms with Gasteiger partial charge in [0.25, 0.3) is 0 Å². The Kier molecular flexibility index (Phi) is 3.16. The lowest BCUT2D eigenvalue weighted by Gasteiger charge is -2.08. The molecular weight excluding hydrogens is 254 g/mol. The second kappa shape index (κ2) is 5.13. The summed E-state index contributed by atoms with van der Waals surface area (Å²) in [6.07, 6.45) is 3.96. The number of carbonyl (C=O) groups is 1. The highest BCUT2D eigenvalue weighted by Gasteiger charge is 2.07. The number of hydrogen-bond acceptors (Lipinski definition) is 2. The van der Waals surface area contributed by atoms with Crippen LogP contribution in [0, 0.1) is 0 Å². The molecule has 3 aromatic rings. The van der Waals surface area contributed by atoms with E-state index in [0.29, 0.717) is 6.42 Å². The minimum Gasteiger partial charge on any atom is -0.497 e. The number of nitrogens with one attached hydrogen (secondary N) is 2. The van der Waals surface area contributed by atoms with E-state index in [4.69, 9.17) is 4.74 Å². The van der Waals surface area contributed by atoms with Crippen molar-refractivity contribution in [3.8, 4) is 5.75 Å². The highest BCUT2D eigenvalue weighted by Crippen LogP contribution is 2.20. The quantitative estimate of drug-likeness (QED) is 0.763. The van der Waals surface area contributed by atoms with Crippen LogP contribution in [0.2, 0.25) is 0 Å². The number of amides is 1. The van der Waals surface area contributed by atoms with E-state index < -0.39 is 0 Å². The van der Waals surface area contributed by atoms with E-state index in [2.05, 4.69) is 10.4 Å². The zero-order valence-corrected chi connectivity index (χ0v) is 11.1. The molecule has 0 radical (unpaired) electrons. The number of hydrogen-bond donors (Lipinski definition) is 2. The minimum absolute atomic E-state index is 0.0687. The zero-order valence-electron chi connectivity index (χ0n) is 11.1. The first-order chi connectivity index (χ1) is 9.76. The van der Waals surface area contributed by atoms with Crippen molar-refractivity contribution in [3.63, 3.8) is 0 Å². The molecule has 2 aromatic heterocycles. The number of fused-ring (bicyclic) bond motifs is 1. The van der Waals surface area contributed by atoms with Gasteiger partial charge >= 0.3 is 0 Å². The average Bonchev–Trinajstić information content (AvgIpc) is 3.08. The van der Waals surface area contributed by atoms with Crippen LogP contribution in [0.4, 0.5) is 0 Å². The Morgan fingerprint density at radius 3 is 3.00 bits per heavy atom. The van der Waals surface area contributed by atoms with Crippen LogP contribution < -0.4 is 10.2 Å². The van der Waals surface area contributed by atoms with E-state index in [1.807, 2.05) is 42.6 Å². The van der Waals surface area contributed by atoms with Crippen LogP contribution in [0.5, 0.6) is 5.75 Å². The summed E-state index contributed by atoms with van der Waals surface area (Å²) >= 11 is 0. The molecule has 2 N–H and O–H groups in total. The van der Waals surface area contributed by atoms with Crippen molar-refractivity contribution in [2.45, 2.75) is 6.42 Å². The summed E-state index contributed by atoms with van der Waals surface area (Å²) in [6.45, 7) is 0. The maximum atomic E-state index is 12.0. The third-order valence-electron chi connectivity index (χ3n) is 3.16. The summed E-state index contributed by atoms with van der Waals surface area (Å²) in [6, 6.07) is 11.4. The highest BCUT2D eigenvalue weighted by molar-refractivity contribution is 5.89. The summed E-state index contributed by atoms with van der Waals surface area (Å²) in [5.74, 6) is 0.730. The maximum Gasteiger partial charge on any atom is 0.244 e.